The average Bonchev–Trinajstić information content (AvgIpc) is 2.96. The highest BCUT2D eigenvalue weighted by Crippen LogP contribution is 2.16. The van der Waals surface area contributed by atoms with Crippen molar-refractivity contribution >= 4 is 52.9 Å². The van der Waals surface area contributed by atoms with Crippen LogP contribution in [0.1, 0.15) is 28.3 Å². The van der Waals surface area contributed by atoms with E-state index in [9.17, 15) is 5.11 Å². The Morgan fingerprint density at radius 1 is 1.21 bits per heavy atom. The van der Waals surface area contributed by atoms with E-state index in [4.69, 9.17) is 11.6 Å². The maximum absolute atomic E-state index is 10.2. The highest BCUT2D eigenvalue weighted by molar-refractivity contribution is 14.0. The normalized spacial score (nSPS) is 12.4. The minimum absolute atomic E-state index is 0. The number of nitrogens with one attached hydrogen (secondary N) is 2. The molecule has 1 aromatic carbocycles. The molecule has 1 heterocycles. The van der Waals surface area contributed by atoms with E-state index in [1.165, 1.54) is 9.75 Å². The van der Waals surface area contributed by atoms with Gasteiger partial charge < -0.3 is 15.7 Å². The van der Waals surface area contributed by atoms with Crippen molar-refractivity contribution in [2.75, 3.05) is 13.1 Å². The molecule has 0 fully saturated rings. The smallest absolute Gasteiger partial charge is 0.191 e. The first-order valence-electron chi connectivity index (χ1n) is 7.59. The molecule has 0 saturated carbocycles. The van der Waals surface area contributed by atoms with Crippen molar-refractivity contribution in [3.05, 3.63) is 56.7 Å². The van der Waals surface area contributed by atoms with Crippen LogP contribution in [0.15, 0.2) is 41.4 Å². The van der Waals surface area contributed by atoms with Crippen LogP contribution in [0.3, 0.4) is 0 Å². The first kappa shape index (κ1) is 21.2. The number of hydrogen-bond acceptors (Lipinski definition) is 3. The third kappa shape index (κ3) is 6.96. The van der Waals surface area contributed by atoms with Crippen LogP contribution in [0, 0.1) is 6.92 Å². The monoisotopic (exact) mass is 479 g/mol. The standard InChI is InChI=1S/C17H22ClN3OS.HI/c1-3-19-17(20-10-15-9-4-12(2)23-15)21-11-16(22)13-5-7-14(18)8-6-13;/h4-9,16,22H,3,10-11H2,1-2H3,(H2,19,20,21);1H. The van der Waals surface area contributed by atoms with Crippen LogP contribution in [-0.4, -0.2) is 24.2 Å². The molecule has 0 aliphatic carbocycles. The van der Waals surface area contributed by atoms with E-state index in [1.54, 1.807) is 23.5 Å². The number of aliphatic hydroxyl groups excluding tert-OH is 1. The SMILES string of the molecule is CCNC(=NCc1ccc(C)s1)NCC(O)c1ccc(Cl)cc1.I. The number of nitrogens with zero attached hydrogens (tertiary/aromatic N) is 1. The maximum Gasteiger partial charge on any atom is 0.191 e. The largest absolute Gasteiger partial charge is 0.387 e. The predicted molar refractivity (Wildman–Crippen MR) is 114 cm³/mol. The molecule has 0 spiro atoms. The van der Waals surface area contributed by atoms with Crippen LogP contribution in [0.4, 0.5) is 0 Å². The molecule has 0 radical (unpaired) electrons. The molecule has 0 amide bonds. The van der Waals surface area contributed by atoms with Gasteiger partial charge in [0.1, 0.15) is 0 Å². The highest BCUT2D eigenvalue weighted by atomic mass is 127. The van der Waals surface area contributed by atoms with Crippen LogP contribution in [-0.2, 0) is 6.54 Å². The molecule has 0 aliphatic rings. The molecule has 7 heteroatoms. The minimum atomic E-state index is -0.611. The summed E-state index contributed by atoms with van der Waals surface area (Å²) >= 11 is 7.61. The molecular weight excluding hydrogens is 457 g/mol. The van der Waals surface area contributed by atoms with Gasteiger partial charge in [-0.05, 0) is 43.7 Å². The van der Waals surface area contributed by atoms with Gasteiger partial charge in [-0.1, -0.05) is 23.7 Å². The summed E-state index contributed by atoms with van der Waals surface area (Å²) in [5, 5.41) is 17.3. The van der Waals surface area contributed by atoms with E-state index in [-0.39, 0.29) is 24.0 Å². The highest BCUT2D eigenvalue weighted by Gasteiger charge is 2.08. The molecule has 0 bridgehead atoms. The topological polar surface area (TPSA) is 56.7 Å². The molecular formula is C17H23ClIN3OS. The number of aliphatic imine (C=N–C) groups is 1. The van der Waals surface area contributed by atoms with Crippen LogP contribution in [0.5, 0.6) is 0 Å². The Hall–Kier alpha value is -0.830. The van der Waals surface area contributed by atoms with Gasteiger partial charge in [-0.15, -0.1) is 35.3 Å². The fourth-order valence-electron chi connectivity index (χ4n) is 2.06. The number of aliphatic hydroxyl groups is 1. The number of thiophene rings is 1. The van der Waals surface area contributed by atoms with Gasteiger partial charge in [-0.25, -0.2) is 4.99 Å². The first-order valence-corrected chi connectivity index (χ1v) is 8.79. The summed E-state index contributed by atoms with van der Waals surface area (Å²) in [5.41, 5.74) is 0.826. The van der Waals surface area contributed by atoms with Crippen molar-refractivity contribution in [2.24, 2.45) is 4.99 Å². The molecule has 2 rings (SSSR count). The lowest BCUT2D eigenvalue weighted by molar-refractivity contribution is 0.181. The molecule has 4 nitrogen and oxygen atoms in total. The fourth-order valence-corrected chi connectivity index (χ4v) is 3.01. The molecule has 2 aromatic rings. The average molecular weight is 480 g/mol. The Morgan fingerprint density at radius 3 is 2.50 bits per heavy atom. The van der Waals surface area contributed by atoms with Gasteiger partial charge in [-0.2, -0.15) is 0 Å². The molecule has 0 aliphatic heterocycles. The Kier molecular flexibility index (Phi) is 9.65. The number of guanidine groups is 1. The summed E-state index contributed by atoms with van der Waals surface area (Å²) in [6, 6.07) is 11.4. The van der Waals surface area contributed by atoms with Gasteiger partial charge >= 0.3 is 0 Å². The van der Waals surface area contributed by atoms with Crippen LogP contribution in [0.25, 0.3) is 0 Å². The summed E-state index contributed by atoms with van der Waals surface area (Å²) in [4.78, 5) is 7.05. The number of halogens is 2. The molecule has 24 heavy (non-hydrogen) atoms. The minimum Gasteiger partial charge on any atom is -0.387 e. The van der Waals surface area contributed by atoms with Crippen molar-refractivity contribution in [3.8, 4) is 0 Å². The fraction of sp³-hybridized carbons (Fsp3) is 0.353. The third-order valence-electron chi connectivity index (χ3n) is 3.25. The van der Waals surface area contributed by atoms with Gasteiger partial charge in [0.25, 0.3) is 0 Å². The summed E-state index contributed by atoms with van der Waals surface area (Å²) in [6.07, 6.45) is -0.611. The van der Waals surface area contributed by atoms with Crippen molar-refractivity contribution in [3.63, 3.8) is 0 Å². The van der Waals surface area contributed by atoms with Crippen molar-refractivity contribution in [1.82, 2.24) is 10.6 Å². The number of benzene rings is 1. The van der Waals surface area contributed by atoms with Crippen molar-refractivity contribution in [2.45, 2.75) is 26.5 Å². The van der Waals surface area contributed by atoms with Crippen LogP contribution >= 0.6 is 46.9 Å². The van der Waals surface area contributed by atoms with Gasteiger partial charge in [0, 0.05) is 27.9 Å². The summed E-state index contributed by atoms with van der Waals surface area (Å²) in [7, 11) is 0. The van der Waals surface area contributed by atoms with Gasteiger partial charge in [0.2, 0.25) is 0 Å². The van der Waals surface area contributed by atoms with E-state index in [2.05, 4.69) is 34.7 Å². The van der Waals surface area contributed by atoms with Gasteiger partial charge in [0.15, 0.2) is 5.96 Å². The quantitative estimate of drug-likeness (QED) is 0.332. The molecule has 132 valence electrons. The molecule has 1 atom stereocenters. The number of aryl methyl sites for hydroxylation is 1. The number of rotatable bonds is 6. The van der Waals surface area contributed by atoms with E-state index in [1.807, 2.05) is 19.1 Å². The second-order valence-corrected chi connectivity index (χ2v) is 6.96. The predicted octanol–water partition coefficient (Wildman–Crippen LogP) is 4.12. The molecule has 1 unspecified atom stereocenters. The molecule has 1 aromatic heterocycles. The maximum atomic E-state index is 10.2. The second kappa shape index (κ2) is 10.9. The van der Waals surface area contributed by atoms with Gasteiger partial charge in [0.05, 0.1) is 12.6 Å². The zero-order valence-electron chi connectivity index (χ0n) is 13.8. The van der Waals surface area contributed by atoms with Crippen LogP contribution < -0.4 is 10.6 Å². The Balaban J connectivity index is 0.00000288. The van der Waals surface area contributed by atoms with Crippen molar-refractivity contribution < 1.29 is 5.11 Å². The summed E-state index contributed by atoms with van der Waals surface area (Å²) in [6.45, 7) is 5.89. The lowest BCUT2D eigenvalue weighted by atomic mass is 10.1. The Labute approximate surface area is 169 Å². The Bertz CT molecular complexity index is 646. The van der Waals surface area contributed by atoms with E-state index in [0.717, 1.165) is 12.1 Å². The Morgan fingerprint density at radius 2 is 1.92 bits per heavy atom. The lowest BCUT2D eigenvalue weighted by Crippen LogP contribution is -2.39. The van der Waals surface area contributed by atoms with E-state index in [0.29, 0.717) is 24.1 Å². The van der Waals surface area contributed by atoms with Crippen molar-refractivity contribution in [1.29, 1.82) is 0 Å². The molecule has 3 N–H and O–H groups in total. The molecule has 0 saturated heterocycles. The van der Waals surface area contributed by atoms with Gasteiger partial charge in [-0.3, -0.25) is 0 Å². The summed E-state index contributed by atoms with van der Waals surface area (Å²) in [5.74, 6) is 0.701. The second-order valence-electron chi connectivity index (χ2n) is 5.16. The zero-order valence-corrected chi connectivity index (χ0v) is 17.7. The van der Waals surface area contributed by atoms with Crippen LogP contribution in [0.2, 0.25) is 5.02 Å². The van der Waals surface area contributed by atoms with E-state index >= 15 is 0 Å². The first-order chi connectivity index (χ1) is 11.1. The lowest BCUT2D eigenvalue weighted by Gasteiger charge is -2.15. The zero-order chi connectivity index (χ0) is 16.7. The van der Waals surface area contributed by atoms with E-state index < -0.39 is 6.10 Å². The summed E-state index contributed by atoms with van der Waals surface area (Å²) < 4.78 is 0. The number of hydrogen-bond donors (Lipinski definition) is 3. The third-order valence-corrected chi connectivity index (χ3v) is 4.49.